The van der Waals surface area contributed by atoms with E-state index < -0.39 is 0 Å². The molecule has 0 bridgehead atoms. The number of ether oxygens (including phenoxy) is 1. The lowest BCUT2D eigenvalue weighted by molar-refractivity contribution is 0.112. The first-order chi connectivity index (χ1) is 9.80. The molecular formula is C18H20O2. The molecule has 2 aromatic carbocycles. The van der Waals surface area contributed by atoms with Crippen LogP contribution in [0, 0.1) is 0 Å². The number of unbranched alkanes of at least 4 members (excludes halogenated alkanes) is 1. The van der Waals surface area contributed by atoms with E-state index in [1.807, 2.05) is 24.3 Å². The van der Waals surface area contributed by atoms with Gasteiger partial charge in [-0.05, 0) is 41.7 Å². The van der Waals surface area contributed by atoms with E-state index in [0.717, 1.165) is 18.3 Å². The summed E-state index contributed by atoms with van der Waals surface area (Å²) in [7, 11) is 1.58. The van der Waals surface area contributed by atoms with Gasteiger partial charge in [0.15, 0.2) is 6.29 Å². The number of methoxy groups -OCH3 is 1. The standard InChI is InChI=1S/C18H20O2/c1-3-4-7-14-8-5-6-9-17(14)15-10-11-18(20-2)16(12-15)13-19/h5-6,8-13H,3-4,7H2,1-2H3. The molecule has 0 unspecified atom stereocenters. The van der Waals surface area contributed by atoms with Crippen LogP contribution in [0.3, 0.4) is 0 Å². The van der Waals surface area contributed by atoms with E-state index in [1.165, 1.54) is 24.0 Å². The molecular weight excluding hydrogens is 248 g/mol. The Morgan fingerprint density at radius 2 is 1.95 bits per heavy atom. The maximum atomic E-state index is 11.1. The summed E-state index contributed by atoms with van der Waals surface area (Å²) in [4.78, 5) is 11.1. The maximum absolute atomic E-state index is 11.1. The maximum Gasteiger partial charge on any atom is 0.153 e. The molecule has 0 aliphatic rings. The number of aldehydes is 1. The van der Waals surface area contributed by atoms with Crippen LogP contribution < -0.4 is 4.74 Å². The molecule has 0 atom stereocenters. The van der Waals surface area contributed by atoms with E-state index in [0.29, 0.717) is 11.3 Å². The number of carbonyl (C=O) groups is 1. The number of hydrogen-bond acceptors (Lipinski definition) is 2. The van der Waals surface area contributed by atoms with Gasteiger partial charge in [-0.2, -0.15) is 0 Å². The van der Waals surface area contributed by atoms with Crippen molar-refractivity contribution in [3.05, 3.63) is 53.6 Å². The Kier molecular flexibility index (Phi) is 4.94. The molecule has 20 heavy (non-hydrogen) atoms. The Balaban J connectivity index is 2.43. The number of rotatable bonds is 6. The van der Waals surface area contributed by atoms with E-state index in [1.54, 1.807) is 7.11 Å². The van der Waals surface area contributed by atoms with E-state index >= 15 is 0 Å². The van der Waals surface area contributed by atoms with Crippen molar-refractivity contribution >= 4 is 6.29 Å². The highest BCUT2D eigenvalue weighted by atomic mass is 16.5. The van der Waals surface area contributed by atoms with Gasteiger partial charge in [0.1, 0.15) is 5.75 Å². The van der Waals surface area contributed by atoms with Crippen molar-refractivity contribution in [1.29, 1.82) is 0 Å². The number of carbonyl (C=O) groups excluding carboxylic acids is 1. The molecule has 104 valence electrons. The van der Waals surface area contributed by atoms with E-state index in [4.69, 9.17) is 4.74 Å². The summed E-state index contributed by atoms with van der Waals surface area (Å²) in [6.45, 7) is 2.19. The Bertz CT molecular complexity index is 588. The van der Waals surface area contributed by atoms with Crippen molar-refractivity contribution in [3.8, 4) is 16.9 Å². The average Bonchev–Trinajstić information content (AvgIpc) is 2.52. The minimum Gasteiger partial charge on any atom is -0.496 e. The molecule has 2 nitrogen and oxygen atoms in total. The molecule has 0 saturated heterocycles. The SMILES string of the molecule is CCCCc1ccccc1-c1ccc(OC)c(C=O)c1. The third-order valence-corrected chi connectivity index (χ3v) is 3.48. The number of aryl methyl sites for hydroxylation is 1. The zero-order valence-electron chi connectivity index (χ0n) is 12.1. The lowest BCUT2D eigenvalue weighted by Gasteiger charge is -2.11. The fourth-order valence-corrected chi connectivity index (χ4v) is 2.38. The smallest absolute Gasteiger partial charge is 0.153 e. The van der Waals surface area contributed by atoms with Crippen LogP contribution in [0.15, 0.2) is 42.5 Å². The number of hydrogen-bond donors (Lipinski definition) is 0. The van der Waals surface area contributed by atoms with Gasteiger partial charge in [0.25, 0.3) is 0 Å². The van der Waals surface area contributed by atoms with E-state index in [2.05, 4.69) is 25.1 Å². The van der Waals surface area contributed by atoms with Crippen molar-refractivity contribution < 1.29 is 9.53 Å². The normalized spacial score (nSPS) is 10.3. The minimum absolute atomic E-state index is 0.593. The van der Waals surface area contributed by atoms with Crippen LogP contribution in [-0.4, -0.2) is 13.4 Å². The lowest BCUT2D eigenvalue weighted by atomic mass is 9.95. The van der Waals surface area contributed by atoms with Crippen LogP contribution in [0.5, 0.6) is 5.75 Å². The predicted octanol–water partition coefficient (Wildman–Crippen LogP) is 4.52. The molecule has 0 heterocycles. The Labute approximate surface area is 120 Å². The monoisotopic (exact) mass is 268 g/mol. The van der Waals surface area contributed by atoms with Gasteiger partial charge in [-0.15, -0.1) is 0 Å². The van der Waals surface area contributed by atoms with Crippen molar-refractivity contribution in [3.63, 3.8) is 0 Å². The molecule has 2 heteroatoms. The molecule has 0 amide bonds. The Hall–Kier alpha value is -2.09. The third-order valence-electron chi connectivity index (χ3n) is 3.48. The third kappa shape index (κ3) is 3.08. The van der Waals surface area contributed by atoms with Crippen molar-refractivity contribution in [2.24, 2.45) is 0 Å². The second kappa shape index (κ2) is 6.90. The summed E-state index contributed by atoms with van der Waals surface area (Å²) in [6.07, 6.45) is 4.26. The van der Waals surface area contributed by atoms with Crippen LogP contribution in [0.25, 0.3) is 11.1 Å². The highest BCUT2D eigenvalue weighted by molar-refractivity contribution is 5.83. The molecule has 0 radical (unpaired) electrons. The first-order valence-electron chi connectivity index (χ1n) is 7.01. The molecule has 0 fully saturated rings. The van der Waals surface area contributed by atoms with Gasteiger partial charge < -0.3 is 4.74 Å². The topological polar surface area (TPSA) is 26.3 Å². The summed E-state index contributed by atoms with van der Waals surface area (Å²) in [6, 6.07) is 14.1. The first-order valence-corrected chi connectivity index (χ1v) is 7.01. The molecule has 0 aromatic heterocycles. The fourth-order valence-electron chi connectivity index (χ4n) is 2.38. The fraction of sp³-hybridized carbons (Fsp3) is 0.278. The van der Waals surface area contributed by atoms with Crippen molar-refractivity contribution in [1.82, 2.24) is 0 Å². The van der Waals surface area contributed by atoms with Gasteiger partial charge in [-0.3, -0.25) is 4.79 Å². The molecule has 0 spiro atoms. The van der Waals surface area contributed by atoms with Gasteiger partial charge >= 0.3 is 0 Å². The zero-order valence-corrected chi connectivity index (χ0v) is 12.1. The molecule has 0 aliphatic heterocycles. The van der Waals surface area contributed by atoms with Crippen LogP contribution in [-0.2, 0) is 6.42 Å². The van der Waals surface area contributed by atoms with Crippen LogP contribution >= 0.6 is 0 Å². The van der Waals surface area contributed by atoms with Gasteiger partial charge in [-0.1, -0.05) is 43.7 Å². The van der Waals surface area contributed by atoms with E-state index in [-0.39, 0.29) is 0 Å². The number of benzene rings is 2. The summed E-state index contributed by atoms with van der Waals surface area (Å²) >= 11 is 0. The van der Waals surface area contributed by atoms with Gasteiger partial charge in [0.2, 0.25) is 0 Å². The molecule has 2 aromatic rings. The highest BCUT2D eigenvalue weighted by Gasteiger charge is 2.08. The van der Waals surface area contributed by atoms with Gasteiger partial charge in [0, 0.05) is 0 Å². The van der Waals surface area contributed by atoms with Gasteiger partial charge in [0.05, 0.1) is 12.7 Å². The van der Waals surface area contributed by atoms with Gasteiger partial charge in [-0.25, -0.2) is 0 Å². The quantitative estimate of drug-likeness (QED) is 0.720. The minimum atomic E-state index is 0.593. The van der Waals surface area contributed by atoms with Crippen molar-refractivity contribution in [2.45, 2.75) is 26.2 Å². The largest absolute Gasteiger partial charge is 0.496 e. The summed E-state index contributed by atoms with van der Waals surface area (Å²) in [5, 5.41) is 0. The molecule has 0 saturated carbocycles. The lowest BCUT2D eigenvalue weighted by Crippen LogP contribution is -1.94. The van der Waals surface area contributed by atoms with Crippen LogP contribution in [0.1, 0.15) is 35.7 Å². The Morgan fingerprint density at radius 3 is 2.65 bits per heavy atom. The van der Waals surface area contributed by atoms with Crippen molar-refractivity contribution in [2.75, 3.05) is 7.11 Å². The second-order valence-electron chi connectivity index (χ2n) is 4.84. The molecule has 0 aliphatic carbocycles. The summed E-state index contributed by atoms with van der Waals surface area (Å²) in [5.41, 5.74) is 4.19. The average molecular weight is 268 g/mol. The Morgan fingerprint density at radius 1 is 1.15 bits per heavy atom. The summed E-state index contributed by atoms with van der Waals surface area (Å²) < 4.78 is 5.19. The van der Waals surface area contributed by atoms with Crippen LogP contribution in [0.4, 0.5) is 0 Å². The summed E-state index contributed by atoms with van der Waals surface area (Å²) in [5.74, 6) is 0.620. The molecule has 0 N–H and O–H groups in total. The van der Waals surface area contributed by atoms with Crippen LogP contribution in [0.2, 0.25) is 0 Å². The van der Waals surface area contributed by atoms with E-state index in [9.17, 15) is 4.79 Å². The predicted molar refractivity (Wildman–Crippen MR) is 82.4 cm³/mol. The highest BCUT2D eigenvalue weighted by Crippen LogP contribution is 2.29. The second-order valence-corrected chi connectivity index (χ2v) is 4.84. The molecule has 2 rings (SSSR count). The first kappa shape index (κ1) is 14.3. The zero-order chi connectivity index (χ0) is 14.4.